The van der Waals surface area contributed by atoms with Gasteiger partial charge in [-0.25, -0.2) is 0 Å². The Morgan fingerprint density at radius 2 is 1.58 bits per heavy atom. The number of unbranched alkanes of at least 4 members (excludes halogenated alkanes) is 3. The Morgan fingerprint density at radius 1 is 0.917 bits per heavy atom. The van der Waals surface area contributed by atoms with E-state index in [1.165, 1.54) is 44.9 Å². The Bertz CT molecular complexity index is 76.2. The van der Waals surface area contributed by atoms with E-state index in [9.17, 15) is 0 Å². The van der Waals surface area contributed by atoms with Gasteiger partial charge in [0.05, 0.1) is 0 Å². The van der Waals surface area contributed by atoms with Crippen LogP contribution in [0.3, 0.4) is 0 Å². The minimum Gasteiger partial charge on any atom is -0.328 e. The maximum Gasteiger partial charge on any atom is 0.00387 e. The Labute approximate surface area is 99.8 Å². The first kappa shape index (κ1) is 15.4. The van der Waals surface area contributed by atoms with Crippen LogP contribution in [0.15, 0.2) is 0 Å². The fourth-order valence-electron chi connectivity index (χ4n) is 1.35. The second kappa shape index (κ2) is 12.0. The van der Waals surface area contributed by atoms with Crippen molar-refractivity contribution in [3.8, 4) is 0 Å². The van der Waals surface area contributed by atoms with Crippen molar-refractivity contribution >= 4 is 29.6 Å². The topological polar surface area (TPSA) is 26.0 Å². The molecule has 0 fully saturated rings. The Morgan fingerprint density at radius 3 is 2.08 bits per heavy atom. The molecule has 0 spiro atoms. The van der Waals surface area contributed by atoms with Gasteiger partial charge in [-0.05, 0) is 12.8 Å². The number of rotatable bonds is 7. The molecule has 0 aliphatic rings. The van der Waals surface area contributed by atoms with Crippen molar-refractivity contribution in [3.63, 3.8) is 0 Å². The second-order valence-electron chi connectivity index (χ2n) is 3.40. The van der Waals surface area contributed by atoms with Gasteiger partial charge in [0.15, 0.2) is 0 Å². The molecule has 0 rings (SSSR count). The van der Waals surface area contributed by atoms with Gasteiger partial charge in [0.2, 0.25) is 0 Å². The molecular weight excluding hydrogens is 157 g/mol. The van der Waals surface area contributed by atoms with E-state index in [-0.39, 0.29) is 29.6 Å². The van der Waals surface area contributed by atoms with Gasteiger partial charge in [0.1, 0.15) is 0 Å². The molecule has 0 saturated heterocycles. The standard InChI is InChI=1S/C10H23N.Na/c1-3-5-6-7-9-10(11)8-4-2;/h10H,3-9,11H2,1-2H3;. The van der Waals surface area contributed by atoms with Gasteiger partial charge >= 0.3 is 0 Å². The van der Waals surface area contributed by atoms with Crippen molar-refractivity contribution in [2.24, 2.45) is 5.73 Å². The molecule has 0 aromatic rings. The van der Waals surface area contributed by atoms with Gasteiger partial charge in [-0.3, -0.25) is 0 Å². The van der Waals surface area contributed by atoms with Crippen LogP contribution in [0.5, 0.6) is 0 Å². The average Bonchev–Trinajstić information content (AvgIpc) is 1.99. The zero-order chi connectivity index (χ0) is 8.53. The summed E-state index contributed by atoms with van der Waals surface area (Å²) in [7, 11) is 0. The van der Waals surface area contributed by atoms with Crippen molar-refractivity contribution < 1.29 is 0 Å². The van der Waals surface area contributed by atoms with E-state index in [0.29, 0.717) is 6.04 Å². The molecule has 1 unspecified atom stereocenters. The maximum absolute atomic E-state index is 5.87. The van der Waals surface area contributed by atoms with E-state index in [0.717, 1.165) is 0 Å². The van der Waals surface area contributed by atoms with Crippen LogP contribution in [-0.2, 0) is 0 Å². The summed E-state index contributed by atoms with van der Waals surface area (Å²) in [4.78, 5) is 0. The van der Waals surface area contributed by atoms with E-state index < -0.39 is 0 Å². The quantitative estimate of drug-likeness (QED) is 0.473. The summed E-state index contributed by atoms with van der Waals surface area (Å²) in [6.45, 7) is 4.44. The normalized spacial score (nSPS) is 12.2. The third-order valence-corrected chi connectivity index (χ3v) is 2.09. The summed E-state index contributed by atoms with van der Waals surface area (Å²) >= 11 is 0. The summed E-state index contributed by atoms with van der Waals surface area (Å²) in [5.74, 6) is 0. The van der Waals surface area contributed by atoms with E-state index >= 15 is 0 Å². The maximum atomic E-state index is 5.87. The Hall–Kier alpha value is 0.960. The smallest absolute Gasteiger partial charge is 0.00387 e. The molecule has 0 bridgehead atoms. The summed E-state index contributed by atoms with van der Waals surface area (Å²) in [6.07, 6.45) is 9.06. The van der Waals surface area contributed by atoms with Crippen molar-refractivity contribution in [3.05, 3.63) is 0 Å². The third kappa shape index (κ3) is 11.0. The van der Waals surface area contributed by atoms with Crippen LogP contribution in [0.2, 0.25) is 0 Å². The van der Waals surface area contributed by atoms with Crippen molar-refractivity contribution in [1.29, 1.82) is 0 Å². The zero-order valence-corrected chi connectivity index (χ0v) is 11.1. The van der Waals surface area contributed by atoms with Gasteiger partial charge in [0.25, 0.3) is 0 Å². The van der Waals surface area contributed by atoms with E-state index in [2.05, 4.69) is 13.8 Å². The molecule has 2 heteroatoms. The molecule has 0 aliphatic carbocycles. The first-order valence-corrected chi connectivity index (χ1v) is 5.06. The molecule has 12 heavy (non-hydrogen) atoms. The number of hydrogen-bond acceptors (Lipinski definition) is 1. The van der Waals surface area contributed by atoms with Crippen LogP contribution >= 0.6 is 0 Å². The fourth-order valence-corrected chi connectivity index (χ4v) is 1.35. The van der Waals surface area contributed by atoms with Crippen LogP contribution in [-0.4, -0.2) is 35.6 Å². The van der Waals surface area contributed by atoms with Gasteiger partial charge < -0.3 is 5.73 Å². The average molecular weight is 180 g/mol. The van der Waals surface area contributed by atoms with Crippen LogP contribution in [0.4, 0.5) is 0 Å². The van der Waals surface area contributed by atoms with Gasteiger partial charge in [0, 0.05) is 35.6 Å². The van der Waals surface area contributed by atoms with Gasteiger partial charge in [-0.2, -0.15) is 0 Å². The van der Waals surface area contributed by atoms with Gasteiger partial charge in [-0.1, -0.05) is 46.0 Å². The molecule has 0 aromatic carbocycles. The summed E-state index contributed by atoms with van der Waals surface area (Å²) < 4.78 is 0. The van der Waals surface area contributed by atoms with E-state index in [4.69, 9.17) is 5.73 Å². The SMILES string of the molecule is CCCCCCC(N)CCC.[Na]. The van der Waals surface area contributed by atoms with Crippen molar-refractivity contribution in [1.82, 2.24) is 0 Å². The molecule has 1 nitrogen and oxygen atoms in total. The summed E-state index contributed by atoms with van der Waals surface area (Å²) in [5.41, 5.74) is 5.87. The molecule has 0 heterocycles. The molecule has 69 valence electrons. The van der Waals surface area contributed by atoms with Crippen molar-refractivity contribution in [2.75, 3.05) is 0 Å². The molecule has 0 aliphatic heterocycles. The summed E-state index contributed by atoms with van der Waals surface area (Å²) in [6, 6.07) is 0.469. The van der Waals surface area contributed by atoms with E-state index in [1.807, 2.05) is 0 Å². The molecule has 0 aromatic heterocycles. The van der Waals surface area contributed by atoms with Crippen molar-refractivity contribution in [2.45, 2.75) is 64.8 Å². The van der Waals surface area contributed by atoms with Gasteiger partial charge in [-0.15, -0.1) is 0 Å². The Balaban J connectivity index is 0. The molecular formula is C10H23NNa. The molecule has 0 amide bonds. The number of nitrogens with two attached hydrogens (primary N) is 1. The van der Waals surface area contributed by atoms with Crippen LogP contribution in [0.1, 0.15) is 58.8 Å². The largest absolute Gasteiger partial charge is 0.328 e. The summed E-state index contributed by atoms with van der Waals surface area (Å²) in [5, 5.41) is 0. The van der Waals surface area contributed by atoms with E-state index in [1.54, 1.807) is 0 Å². The monoisotopic (exact) mass is 180 g/mol. The molecule has 0 saturated carbocycles. The predicted octanol–water partition coefficient (Wildman–Crippen LogP) is 2.70. The van der Waals surface area contributed by atoms with Crippen LogP contribution in [0, 0.1) is 0 Å². The minimum absolute atomic E-state index is 0. The first-order chi connectivity index (χ1) is 5.31. The minimum atomic E-state index is 0. The second-order valence-corrected chi connectivity index (χ2v) is 3.40. The molecule has 2 N–H and O–H groups in total. The Kier molecular flexibility index (Phi) is 15.4. The number of hydrogen-bond donors (Lipinski definition) is 1. The van der Waals surface area contributed by atoms with Crippen LogP contribution in [0.25, 0.3) is 0 Å². The molecule has 1 radical (unpaired) electrons. The fraction of sp³-hybridized carbons (Fsp3) is 1.00. The third-order valence-electron chi connectivity index (χ3n) is 2.09. The predicted molar refractivity (Wildman–Crippen MR) is 57.4 cm³/mol. The zero-order valence-electron chi connectivity index (χ0n) is 9.10. The first-order valence-electron chi connectivity index (χ1n) is 5.06. The van der Waals surface area contributed by atoms with Crippen LogP contribution < -0.4 is 5.73 Å². The molecule has 1 atom stereocenters.